The average Bonchev–Trinajstić information content (AvgIpc) is 3.01. The second-order valence-corrected chi connectivity index (χ2v) is 6.96. The Bertz CT molecular complexity index is 747. The first-order valence-corrected chi connectivity index (χ1v) is 9.18. The molecule has 2 unspecified atom stereocenters. The molecular weight excluding hydrogens is 383 g/mol. The van der Waals surface area contributed by atoms with E-state index >= 15 is 0 Å². The van der Waals surface area contributed by atoms with Gasteiger partial charge in [0.2, 0.25) is 5.82 Å². The normalized spacial score (nSPS) is 19.7. The van der Waals surface area contributed by atoms with Gasteiger partial charge in [-0.2, -0.15) is 0 Å². The molecule has 1 aliphatic rings. The number of unbranched alkanes of at least 4 members (excludes halogenated alkanes) is 3. The van der Waals surface area contributed by atoms with Crippen molar-refractivity contribution in [3.05, 3.63) is 40.7 Å². The zero-order chi connectivity index (χ0) is 20.8. The molecular formula is C20H21F5O3. The topological polar surface area (TPSA) is 54.4 Å². The van der Waals surface area contributed by atoms with E-state index < -0.39 is 40.6 Å². The van der Waals surface area contributed by atoms with E-state index in [1.165, 1.54) is 6.08 Å². The fourth-order valence-corrected chi connectivity index (χ4v) is 3.52. The number of carboxylic acids is 1. The van der Waals surface area contributed by atoms with Crippen LogP contribution in [0.15, 0.2) is 6.08 Å². The van der Waals surface area contributed by atoms with Crippen molar-refractivity contribution in [3.8, 4) is 0 Å². The van der Waals surface area contributed by atoms with Crippen molar-refractivity contribution in [2.24, 2.45) is 11.8 Å². The highest BCUT2D eigenvalue weighted by atomic mass is 19.2. The van der Waals surface area contributed by atoms with Gasteiger partial charge in [0.15, 0.2) is 23.3 Å². The van der Waals surface area contributed by atoms with Crippen molar-refractivity contribution in [1.29, 1.82) is 0 Å². The standard InChI is InChI=1S/C20H21F5O3/c21-16-13(17(22)19(24)20(25)18(16)23)9-7-11-8-10-14(26)12(11)5-3-1-2-4-6-15(27)28/h7,9,11-12H,1-6,8,10H2,(H,27,28)/b9-7+. The van der Waals surface area contributed by atoms with Gasteiger partial charge in [-0.1, -0.05) is 31.4 Å². The van der Waals surface area contributed by atoms with Crippen LogP contribution in [-0.4, -0.2) is 16.9 Å². The number of benzene rings is 1. The maximum Gasteiger partial charge on any atom is 0.303 e. The highest BCUT2D eigenvalue weighted by molar-refractivity contribution is 5.84. The summed E-state index contributed by atoms with van der Waals surface area (Å²) in [6, 6.07) is 0. The molecule has 1 fully saturated rings. The number of Topliss-reactive ketones (excluding diaryl/α,β-unsaturated/α-hetero) is 1. The van der Waals surface area contributed by atoms with E-state index in [2.05, 4.69) is 0 Å². The number of carbonyl (C=O) groups excluding carboxylic acids is 1. The Labute approximate surface area is 159 Å². The van der Waals surface area contributed by atoms with E-state index in [-0.39, 0.29) is 24.0 Å². The molecule has 0 radical (unpaired) electrons. The fourth-order valence-electron chi connectivity index (χ4n) is 3.52. The molecule has 8 heteroatoms. The third-order valence-corrected chi connectivity index (χ3v) is 5.06. The van der Waals surface area contributed by atoms with E-state index in [4.69, 9.17) is 5.11 Å². The van der Waals surface area contributed by atoms with Crippen LogP contribution < -0.4 is 0 Å². The predicted molar refractivity (Wildman–Crippen MR) is 91.8 cm³/mol. The van der Waals surface area contributed by atoms with Crippen LogP contribution in [0.2, 0.25) is 0 Å². The molecule has 28 heavy (non-hydrogen) atoms. The number of carbonyl (C=O) groups is 2. The maximum absolute atomic E-state index is 13.7. The van der Waals surface area contributed by atoms with E-state index in [1.807, 2.05) is 0 Å². The lowest BCUT2D eigenvalue weighted by Gasteiger charge is -2.15. The predicted octanol–water partition coefficient (Wildman–Crippen LogP) is 5.42. The van der Waals surface area contributed by atoms with Crippen LogP contribution in [0.5, 0.6) is 0 Å². The van der Waals surface area contributed by atoms with Gasteiger partial charge in [-0.25, -0.2) is 22.0 Å². The Kier molecular flexibility index (Phi) is 7.71. The van der Waals surface area contributed by atoms with Gasteiger partial charge in [0.25, 0.3) is 0 Å². The summed E-state index contributed by atoms with van der Waals surface area (Å²) in [6.45, 7) is 0. The zero-order valence-electron chi connectivity index (χ0n) is 15.1. The summed E-state index contributed by atoms with van der Waals surface area (Å²) >= 11 is 0. The Morgan fingerprint density at radius 1 is 0.929 bits per heavy atom. The molecule has 154 valence electrons. The van der Waals surface area contributed by atoms with Gasteiger partial charge in [0, 0.05) is 18.8 Å². The van der Waals surface area contributed by atoms with Crippen molar-refractivity contribution < 1.29 is 36.6 Å². The molecule has 0 aliphatic heterocycles. The van der Waals surface area contributed by atoms with E-state index in [0.29, 0.717) is 32.1 Å². The molecule has 1 aromatic carbocycles. The molecule has 3 nitrogen and oxygen atoms in total. The first kappa shape index (κ1) is 22.0. The molecule has 1 saturated carbocycles. The Morgan fingerprint density at radius 3 is 2.11 bits per heavy atom. The number of halogens is 5. The summed E-state index contributed by atoms with van der Waals surface area (Å²) in [4.78, 5) is 22.5. The highest BCUT2D eigenvalue weighted by Gasteiger charge is 2.32. The Balaban J connectivity index is 2.01. The minimum atomic E-state index is -2.20. The van der Waals surface area contributed by atoms with Gasteiger partial charge in [-0.05, 0) is 25.2 Å². The van der Waals surface area contributed by atoms with Gasteiger partial charge >= 0.3 is 5.97 Å². The number of carboxylic acid groups (broad SMARTS) is 1. The number of aliphatic carboxylic acids is 1. The second-order valence-electron chi connectivity index (χ2n) is 6.96. The molecule has 0 heterocycles. The second kappa shape index (κ2) is 9.80. The van der Waals surface area contributed by atoms with Crippen LogP contribution in [0.25, 0.3) is 6.08 Å². The third-order valence-electron chi connectivity index (χ3n) is 5.06. The SMILES string of the molecule is O=C(O)CCCCCCC1C(=O)CCC1/C=C/c1c(F)c(F)c(F)c(F)c1F. The lowest BCUT2D eigenvalue weighted by atomic mass is 9.89. The van der Waals surface area contributed by atoms with Crippen LogP contribution >= 0.6 is 0 Å². The monoisotopic (exact) mass is 404 g/mol. The summed E-state index contributed by atoms with van der Waals surface area (Å²) in [6.07, 6.45) is 6.32. The van der Waals surface area contributed by atoms with Gasteiger partial charge in [-0.15, -0.1) is 0 Å². The van der Waals surface area contributed by atoms with Crippen LogP contribution in [-0.2, 0) is 9.59 Å². The molecule has 0 aromatic heterocycles. The summed E-state index contributed by atoms with van der Waals surface area (Å²) in [7, 11) is 0. The molecule has 0 amide bonds. The summed E-state index contributed by atoms with van der Waals surface area (Å²) in [5.74, 6) is -11.5. The zero-order valence-corrected chi connectivity index (χ0v) is 15.1. The molecule has 0 bridgehead atoms. The van der Waals surface area contributed by atoms with Crippen molar-refractivity contribution >= 4 is 17.8 Å². The molecule has 0 spiro atoms. The maximum atomic E-state index is 13.7. The van der Waals surface area contributed by atoms with Crippen molar-refractivity contribution in [3.63, 3.8) is 0 Å². The Morgan fingerprint density at radius 2 is 1.50 bits per heavy atom. The number of hydrogen-bond donors (Lipinski definition) is 1. The largest absolute Gasteiger partial charge is 0.481 e. The van der Waals surface area contributed by atoms with Crippen LogP contribution in [0, 0.1) is 40.9 Å². The van der Waals surface area contributed by atoms with Gasteiger partial charge < -0.3 is 5.11 Å². The molecule has 2 atom stereocenters. The molecule has 1 aromatic rings. The van der Waals surface area contributed by atoms with Crippen LogP contribution in [0.4, 0.5) is 22.0 Å². The molecule has 1 N–H and O–H groups in total. The lowest BCUT2D eigenvalue weighted by Crippen LogP contribution is -2.13. The summed E-state index contributed by atoms with van der Waals surface area (Å²) in [5.41, 5.74) is -1.01. The number of allylic oxidation sites excluding steroid dienone is 1. The number of ketones is 1. The van der Waals surface area contributed by atoms with Crippen molar-refractivity contribution in [2.75, 3.05) is 0 Å². The summed E-state index contributed by atoms with van der Waals surface area (Å²) in [5, 5.41) is 8.58. The number of hydrogen-bond acceptors (Lipinski definition) is 2. The molecule has 2 rings (SSSR count). The van der Waals surface area contributed by atoms with E-state index in [0.717, 1.165) is 18.9 Å². The van der Waals surface area contributed by atoms with Crippen molar-refractivity contribution in [2.45, 2.75) is 51.4 Å². The quantitative estimate of drug-likeness (QED) is 0.259. The molecule has 0 saturated heterocycles. The van der Waals surface area contributed by atoms with Gasteiger partial charge in [0.05, 0.1) is 5.56 Å². The third kappa shape index (κ3) is 5.17. The minimum absolute atomic E-state index is 0.0117. The fraction of sp³-hybridized carbons (Fsp3) is 0.500. The first-order valence-electron chi connectivity index (χ1n) is 9.18. The summed E-state index contributed by atoms with van der Waals surface area (Å²) < 4.78 is 67.1. The van der Waals surface area contributed by atoms with Gasteiger partial charge in [-0.3, -0.25) is 9.59 Å². The molecule has 1 aliphatic carbocycles. The first-order chi connectivity index (χ1) is 13.2. The van der Waals surface area contributed by atoms with Crippen molar-refractivity contribution in [1.82, 2.24) is 0 Å². The minimum Gasteiger partial charge on any atom is -0.481 e. The highest BCUT2D eigenvalue weighted by Crippen LogP contribution is 2.35. The average molecular weight is 404 g/mol. The number of rotatable bonds is 9. The van der Waals surface area contributed by atoms with E-state index in [1.54, 1.807) is 0 Å². The lowest BCUT2D eigenvalue weighted by molar-refractivity contribution is -0.137. The van der Waals surface area contributed by atoms with Gasteiger partial charge in [0.1, 0.15) is 5.78 Å². The van der Waals surface area contributed by atoms with Crippen LogP contribution in [0.1, 0.15) is 56.9 Å². The van der Waals surface area contributed by atoms with E-state index in [9.17, 15) is 31.5 Å². The Hall–Kier alpha value is -2.25. The smallest absolute Gasteiger partial charge is 0.303 e. The van der Waals surface area contributed by atoms with Crippen LogP contribution in [0.3, 0.4) is 0 Å².